The van der Waals surface area contributed by atoms with Gasteiger partial charge >= 0.3 is 0 Å². The van der Waals surface area contributed by atoms with Gasteiger partial charge in [0, 0.05) is 16.3 Å². The second kappa shape index (κ2) is 6.98. The maximum atomic E-state index is 13.3. The predicted octanol–water partition coefficient (Wildman–Crippen LogP) is 4.98. The van der Waals surface area contributed by atoms with Gasteiger partial charge in [0.1, 0.15) is 0 Å². The van der Waals surface area contributed by atoms with Gasteiger partial charge in [0.05, 0.1) is 10.9 Å². The average molecular weight is 364 g/mol. The summed E-state index contributed by atoms with van der Waals surface area (Å²) in [6.45, 7) is 6.66. The minimum atomic E-state index is -3.47. The van der Waals surface area contributed by atoms with E-state index >= 15 is 0 Å². The van der Waals surface area contributed by atoms with Gasteiger partial charge in [-0.3, -0.25) is 0 Å². The van der Waals surface area contributed by atoms with Crippen LogP contribution in [0.15, 0.2) is 35.2 Å². The maximum Gasteiger partial charge on any atom is 0.243 e. The largest absolute Gasteiger partial charge is 0.243 e. The highest BCUT2D eigenvalue weighted by Crippen LogP contribution is 2.37. The summed E-state index contributed by atoms with van der Waals surface area (Å²) < 4.78 is 28.4. The van der Waals surface area contributed by atoms with Crippen LogP contribution < -0.4 is 0 Å². The van der Waals surface area contributed by atoms with Gasteiger partial charge in [-0.1, -0.05) is 18.9 Å². The van der Waals surface area contributed by atoms with Gasteiger partial charge in [-0.05, 0) is 69.0 Å². The summed E-state index contributed by atoms with van der Waals surface area (Å²) in [6.07, 6.45) is 4.02. The fourth-order valence-corrected chi connectivity index (χ4v) is 6.15. The maximum absolute atomic E-state index is 13.3. The highest BCUT2D eigenvalue weighted by atomic mass is 32.2. The summed E-state index contributed by atoms with van der Waals surface area (Å²) in [7, 11) is -3.47. The quantitative estimate of drug-likeness (QED) is 0.771. The first-order valence-electron chi connectivity index (χ1n) is 8.55. The Kier molecular flexibility index (Phi) is 5.13. The molecule has 1 fully saturated rings. The van der Waals surface area contributed by atoms with Crippen LogP contribution in [0, 0.1) is 20.8 Å². The molecule has 1 aromatic heterocycles. The number of sulfonamides is 1. The molecule has 0 aliphatic carbocycles. The second-order valence-corrected chi connectivity index (χ2v) is 9.89. The first-order valence-corrected chi connectivity index (χ1v) is 10.8. The minimum Gasteiger partial charge on any atom is -0.207 e. The van der Waals surface area contributed by atoms with Crippen molar-refractivity contribution in [1.82, 2.24) is 4.31 Å². The van der Waals surface area contributed by atoms with E-state index in [1.54, 1.807) is 21.7 Å². The zero-order chi connectivity index (χ0) is 17.3. The third-order valence-electron chi connectivity index (χ3n) is 4.88. The molecule has 0 N–H and O–H groups in total. The molecule has 0 saturated carbocycles. The standard InChI is InChI=1S/C19H25NO2S2/c1-14-8-10-17(13-15(14)2)24(21,22)20-12-6-4-5-7-18(20)19-11-9-16(3)23-19/h8-11,13,18H,4-7,12H2,1-3H3/t18-/m0/s1. The molecule has 3 nitrogen and oxygen atoms in total. The molecule has 24 heavy (non-hydrogen) atoms. The van der Waals surface area contributed by atoms with Gasteiger partial charge in [0.2, 0.25) is 10.0 Å². The van der Waals surface area contributed by atoms with Crippen molar-refractivity contribution < 1.29 is 8.42 Å². The van der Waals surface area contributed by atoms with Crippen molar-refractivity contribution in [3.8, 4) is 0 Å². The first-order chi connectivity index (χ1) is 11.4. The Morgan fingerprint density at radius 1 is 1.00 bits per heavy atom. The normalized spacial score (nSPS) is 20.0. The van der Waals surface area contributed by atoms with Crippen LogP contribution >= 0.6 is 11.3 Å². The first kappa shape index (κ1) is 17.6. The average Bonchev–Trinajstić information content (AvgIpc) is 2.82. The van der Waals surface area contributed by atoms with Crippen molar-refractivity contribution in [3.63, 3.8) is 0 Å². The van der Waals surface area contributed by atoms with E-state index in [-0.39, 0.29) is 6.04 Å². The van der Waals surface area contributed by atoms with E-state index < -0.39 is 10.0 Å². The zero-order valence-electron chi connectivity index (χ0n) is 14.6. The van der Waals surface area contributed by atoms with E-state index in [2.05, 4.69) is 19.1 Å². The summed E-state index contributed by atoms with van der Waals surface area (Å²) in [5, 5.41) is 0. The van der Waals surface area contributed by atoms with Crippen LogP contribution in [0.25, 0.3) is 0 Å². The van der Waals surface area contributed by atoms with Crippen LogP contribution in [0.2, 0.25) is 0 Å². The summed E-state index contributed by atoms with van der Waals surface area (Å²) in [6, 6.07) is 9.62. The summed E-state index contributed by atoms with van der Waals surface area (Å²) >= 11 is 1.72. The van der Waals surface area contributed by atoms with Crippen LogP contribution in [0.5, 0.6) is 0 Å². The highest BCUT2D eigenvalue weighted by molar-refractivity contribution is 7.89. The van der Waals surface area contributed by atoms with E-state index in [1.165, 1.54) is 9.75 Å². The summed E-state index contributed by atoms with van der Waals surface area (Å²) in [5.74, 6) is 0. The molecule has 0 unspecified atom stereocenters. The summed E-state index contributed by atoms with van der Waals surface area (Å²) in [5.41, 5.74) is 2.14. The van der Waals surface area contributed by atoms with E-state index in [1.807, 2.05) is 26.0 Å². The molecule has 0 bridgehead atoms. The third-order valence-corrected chi connectivity index (χ3v) is 7.88. The number of hydrogen-bond donors (Lipinski definition) is 0. The van der Waals surface area contributed by atoms with Crippen LogP contribution in [0.4, 0.5) is 0 Å². The van der Waals surface area contributed by atoms with Crippen molar-refractivity contribution in [1.29, 1.82) is 0 Å². The van der Waals surface area contributed by atoms with Gasteiger partial charge in [0.25, 0.3) is 0 Å². The van der Waals surface area contributed by atoms with Gasteiger partial charge < -0.3 is 0 Å². The van der Waals surface area contributed by atoms with Crippen LogP contribution in [-0.2, 0) is 10.0 Å². The molecule has 1 aliphatic heterocycles. The topological polar surface area (TPSA) is 37.4 Å². The molecule has 0 amide bonds. The van der Waals surface area contributed by atoms with E-state index in [9.17, 15) is 8.42 Å². The molecule has 130 valence electrons. The van der Waals surface area contributed by atoms with Gasteiger partial charge in [-0.2, -0.15) is 4.31 Å². The lowest BCUT2D eigenvalue weighted by molar-refractivity contribution is 0.333. The molecule has 1 aromatic carbocycles. The number of nitrogens with zero attached hydrogens (tertiary/aromatic N) is 1. The smallest absolute Gasteiger partial charge is 0.207 e. The molecule has 5 heteroatoms. The molecule has 2 heterocycles. The third kappa shape index (κ3) is 3.44. The number of benzene rings is 1. The molecular formula is C19H25NO2S2. The Morgan fingerprint density at radius 2 is 1.79 bits per heavy atom. The lowest BCUT2D eigenvalue weighted by Crippen LogP contribution is -2.34. The number of aryl methyl sites for hydroxylation is 3. The van der Waals surface area contributed by atoms with Crippen molar-refractivity contribution in [2.75, 3.05) is 6.54 Å². The molecule has 1 saturated heterocycles. The van der Waals surface area contributed by atoms with Gasteiger partial charge in [0.15, 0.2) is 0 Å². The molecule has 0 radical (unpaired) electrons. The molecule has 1 aliphatic rings. The van der Waals surface area contributed by atoms with E-state index in [4.69, 9.17) is 0 Å². The molecule has 0 spiro atoms. The monoisotopic (exact) mass is 363 g/mol. The van der Waals surface area contributed by atoms with Crippen LogP contribution in [0.3, 0.4) is 0 Å². The van der Waals surface area contributed by atoms with Crippen LogP contribution in [-0.4, -0.2) is 19.3 Å². The predicted molar refractivity (Wildman–Crippen MR) is 100 cm³/mol. The Morgan fingerprint density at radius 3 is 2.46 bits per heavy atom. The molecular weight excluding hydrogens is 338 g/mol. The van der Waals surface area contributed by atoms with Crippen LogP contribution in [0.1, 0.15) is 52.6 Å². The van der Waals surface area contributed by atoms with Crippen molar-refractivity contribution in [3.05, 3.63) is 51.2 Å². The SMILES string of the molecule is Cc1ccc([C@@H]2CCCCCN2S(=O)(=O)c2ccc(C)c(C)c2)s1. The molecule has 1 atom stereocenters. The lowest BCUT2D eigenvalue weighted by Gasteiger charge is -2.28. The van der Waals surface area contributed by atoms with Gasteiger partial charge in [-0.25, -0.2) is 8.42 Å². The Labute approximate surface area is 149 Å². The summed E-state index contributed by atoms with van der Waals surface area (Å²) in [4.78, 5) is 2.82. The van der Waals surface area contributed by atoms with E-state index in [0.717, 1.165) is 36.8 Å². The fourth-order valence-electron chi connectivity index (χ4n) is 3.30. The van der Waals surface area contributed by atoms with Crippen molar-refractivity contribution in [2.24, 2.45) is 0 Å². The number of thiophene rings is 1. The Balaban J connectivity index is 2.02. The zero-order valence-corrected chi connectivity index (χ0v) is 16.2. The highest BCUT2D eigenvalue weighted by Gasteiger charge is 2.34. The molecule has 2 aromatic rings. The molecule has 3 rings (SSSR count). The minimum absolute atomic E-state index is 0.0298. The van der Waals surface area contributed by atoms with Gasteiger partial charge in [-0.15, -0.1) is 11.3 Å². The van der Waals surface area contributed by atoms with Crippen molar-refractivity contribution in [2.45, 2.75) is 57.4 Å². The van der Waals surface area contributed by atoms with Crippen molar-refractivity contribution >= 4 is 21.4 Å². The second-order valence-electron chi connectivity index (χ2n) is 6.68. The van der Waals surface area contributed by atoms with E-state index in [0.29, 0.717) is 11.4 Å². The number of rotatable bonds is 3. The number of hydrogen-bond acceptors (Lipinski definition) is 3. The Hall–Kier alpha value is -1.17. The fraction of sp³-hybridized carbons (Fsp3) is 0.474. The Bertz CT molecular complexity index is 824. The lowest BCUT2D eigenvalue weighted by atomic mass is 10.1.